The highest BCUT2D eigenvalue weighted by atomic mass is 16.5. The number of benzene rings is 1. The molecule has 1 aliphatic rings. The molecule has 1 aromatic carbocycles. The molecule has 4 nitrogen and oxygen atoms in total. The lowest BCUT2D eigenvalue weighted by molar-refractivity contribution is -0.113. The van der Waals surface area contributed by atoms with Crippen molar-refractivity contribution in [1.82, 2.24) is 0 Å². The van der Waals surface area contributed by atoms with Crippen LogP contribution < -0.4 is 4.74 Å². The molecule has 2 rings (SSSR count). The van der Waals surface area contributed by atoms with Crippen molar-refractivity contribution < 1.29 is 19.4 Å². The highest BCUT2D eigenvalue weighted by Crippen LogP contribution is 2.56. The first-order valence-electron chi connectivity index (χ1n) is 5.39. The molecule has 1 saturated carbocycles. The third-order valence-corrected chi connectivity index (χ3v) is 3.49. The van der Waals surface area contributed by atoms with Crippen LogP contribution >= 0.6 is 0 Å². The summed E-state index contributed by atoms with van der Waals surface area (Å²) >= 11 is 0. The summed E-state index contributed by atoms with van der Waals surface area (Å²) < 4.78 is 5.73. The SMILES string of the molecule is CC1(C=O)CC1(C)Oc1ccc(C(=O)O)cc1. The number of aldehydes is 1. The van der Waals surface area contributed by atoms with Gasteiger partial charge in [-0.25, -0.2) is 4.79 Å². The Hall–Kier alpha value is -1.84. The fourth-order valence-electron chi connectivity index (χ4n) is 1.90. The van der Waals surface area contributed by atoms with Crippen LogP contribution in [0.2, 0.25) is 0 Å². The number of hydrogen-bond donors (Lipinski definition) is 1. The predicted molar refractivity (Wildman–Crippen MR) is 61.2 cm³/mol. The highest BCUT2D eigenvalue weighted by Gasteiger charge is 2.64. The van der Waals surface area contributed by atoms with Crippen LogP contribution in [0.1, 0.15) is 30.6 Å². The largest absolute Gasteiger partial charge is 0.487 e. The Kier molecular flexibility index (Phi) is 2.45. The van der Waals surface area contributed by atoms with Gasteiger partial charge in [0.1, 0.15) is 17.6 Å². The molecule has 0 heterocycles. The molecule has 4 heteroatoms. The molecule has 1 aromatic rings. The topological polar surface area (TPSA) is 63.6 Å². The molecule has 17 heavy (non-hydrogen) atoms. The number of ether oxygens (including phenoxy) is 1. The first-order valence-corrected chi connectivity index (χ1v) is 5.39. The van der Waals surface area contributed by atoms with E-state index in [0.717, 1.165) is 6.29 Å². The fourth-order valence-corrected chi connectivity index (χ4v) is 1.90. The summed E-state index contributed by atoms with van der Waals surface area (Å²) in [5.74, 6) is -0.380. The van der Waals surface area contributed by atoms with Crippen LogP contribution in [0.25, 0.3) is 0 Å². The van der Waals surface area contributed by atoms with Crippen molar-refractivity contribution in [3.8, 4) is 5.75 Å². The molecule has 0 radical (unpaired) electrons. The molecule has 0 spiro atoms. The van der Waals surface area contributed by atoms with Gasteiger partial charge in [0.2, 0.25) is 0 Å². The van der Waals surface area contributed by atoms with Crippen molar-refractivity contribution in [3.05, 3.63) is 29.8 Å². The monoisotopic (exact) mass is 234 g/mol. The van der Waals surface area contributed by atoms with Gasteiger partial charge >= 0.3 is 5.97 Å². The highest BCUT2D eigenvalue weighted by molar-refractivity contribution is 5.87. The Labute approximate surface area is 99.2 Å². The summed E-state index contributed by atoms with van der Waals surface area (Å²) in [4.78, 5) is 21.6. The lowest BCUT2D eigenvalue weighted by Crippen LogP contribution is -2.22. The predicted octanol–water partition coefficient (Wildman–Crippen LogP) is 2.13. The average molecular weight is 234 g/mol. The number of carboxylic acids is 1. The molecule has 90 valence electrons. The van der Waals surface area contributed by atoms with Crippen molar-refractivity contribution in [1.29, 1.82) is 0 Å². The smallest absolute Gasteiger partial charge is 0.335 e. The van der Waals surface area contributed by atoms with Crippen molar-refractivity contribution >= 4 is 12.3 Å². The molecule has 2 atom stereocenters. The van der Waals surface area contributed by atoms with Gasteiger partial charge in [0.15, 0.2) is 0 Å². The molecule has 0 saturated heterocycles. The number of carbonyl (C=O) groups excluding carboxylic acids is 1. The van der Waals surface area contributed by atoms with E-state index in [2.05, 4.69) is 0 Å². The normalized spacial score (nSPS) is 30.7. The summed E-state index contributed by atoms with van der Waals surface area (Å²) in [6, 6.07) is 6.19. The van der Waals surface area contributed by atoms with E-state index in [0.29, 0.717) is 12.2 Å². The second-order valence-corrected chi connectivity index (χ2v) is 4.87. The van der Waals surface area contributed by atoms with Crippen molar-refractivity contribution in [2.45, 2.75) is 25.9 Å². The maximum Gasteiger partial charge on any atom is 0.335 e. The number of hydrogen-bond acceptors (Lipinski definition) is 3. The average Bonchev–Trinajstić information content (AvgIpc) is 2.82. The summed E-state index contributed by atoms with van der Waals surface area (Å²) in [7, 11) is 0. The van der Waals surface area contributed by atoms with E-state index in [9.17, 15) is 9.59 Å². The second-order valence-electron chi connectivity index (χ2n) is 4.87. The van der Waals surface area contributed by atoms with Crippen LogP contribution in [0.5, 0.6) is 5.75 Å². The third kappa shape index (κ3) is 1.90. The van der Waals surface area contributed by atoms with Gasteiger partial charge in [-0.3, -0.25) is 0 Å². The van der Waals surface area contributed by atoms with Gasteiger partial charge in [0.05, 0.1) is 11.0 Å². The number of carbonyl (C=O) groups is 2. The minimum atomic E-state index is -0.966. The van der Waals surface area contributed by atoms with Gasteiger partial charge < -0.3 is 14.6 Å². The third-order valence-electron chi connectivity index (χ3n) is 3.49. The van der Waals surface area contributed by atoms with E-state index in [1.807, 2.05) is 13.8 Å². The van der Waals surface area contributed by atoms with E-state index in [4.69, 9.17) is 9.84 Å². The summed E-state index contributed by atoms with van der Waals surface area (Å²) in [5, 5.41) is 8.75. The Bertz CT molecular complexity index is 465. The molecule has 0 bridgehead atoms. The van der Waals surface area contributed by atoms with Crippen LogP contribution in [-0.4, -0.2) is 23.0 Å². The number of carboxylic acid groups (broad SMARTS) is 1. The summed E-state index contributed by atoms with van der Waals surface area (Å²) in [6.45, 7) is 3.73. The number of rotatable bonds is 4. The molecule has 0 aromatic heterocycles. The van der Waals surface area contributed by atoms with E-state index >= 15 is 0 Å². The van der Waals surface area contributed by atoms with Gasteiger partial charge in [0.25, 0.3) is 0 Å². The van der Waals surface area contributed by atoms with Gasteiger partial charge in [-0.05, 0) is 38.1 Å². The zero-order chi connectivity index (χ0) is 12.7. The summed E-state index contributed by atoms with van der Waals surface area (Å²) in [5.41, 5.74) is -0.686. The van der Waals surface area contributed by atoms with Crippen LogP contribution in [0, 0.1) is 5.41 Å². The molecule has 1 fully saturated rings. The van der Waals surface area contributed by atoms with Gasteiger partial charge in [-0.15, -0.1) is 0 Å². The lowest BCUT2D eigenvalue weighted by atomic mass is 10.1. The first-order chi connectivity index (χ1) is 7.90. The minimum Gasteiger partial charge on any atom is -0.487 e. The van der Waals surface area contributed by atoms with E-state index in [1.165, 1.54) is 12.1 Å². The molecule has 1 N–H and O–H groups in total. The van der Waals surface area contributed by atoms with Crippen molar-refractivity contribution in [2.75, 3.05) is 0 Å². The molecule has 2 unspecified atom stereocenters. The molecular formula is C13H14O4. The van der Waals surface area contributed by atoms with Crippen LogP contribution in [0.4, 0.5) is 0 Å². The molecular weight excluding hydrogens is 220 g/mol. The van der Waals surface area contributed by atoms with Crippen LogP contribution in [-0.2, 0) is 4.79 Å². The second kappa shape index (κ2) is 3.58. The van der Waals surface area contributed by atoms with Crippen molar-refractivity contribution in [3.63, 3.8) is 0 Å². The zero-order valence-corrected chi connectivity index (χ0v) is 9.77. The first kappa shape index (κ1) is 11.6. The minimum absolute atomic E-state index is 0.219. The van der Waals surface area contributed by atoms with Crippen LogP contribution in [0.15, 0.2) is 24.3 Å². The summed E-state index contributed by atoms with van der Waals surface area (Å²) in [6.07, 6.45) is 1.60. The van der Waals surface area contributed by atoms with E-state index < -0.39 is 17.0 Å². The van der Waals surface area contributed by atoms with E-state index in [1.54, 1.807) is 12.1 Å². The lowest BCUT2D eigenvalue weighted by Gasteiger charge is -2.17. The van der Waals surface area contributed by atoms with Gasteiger partial charge in [0, 0.05) is 6.42 Å². The quantitative estimate of drug-likeness (QED) is 0.810. The number of aromatic carboxylic acids is 1. The molecule has 0 amide bonds. The van der Waals surface area contributed by atoms with Crippen molar-refractivity contribution in [2.24, 2.45) is 5.41 Å². The Morgan fingerprint density at radius 2 is 1.94 bits per heavy atom. The Morgan fingerprint density at radius 1 is 1.35 bits per heavy atom. The van der Waals surface area contributed by atoms with Gasteiger partial charge in [-0.2, -0.15) is 0 Å². The Balaban J connectivity index is 2.11. The Morgan fingerprint density at radius 3 is 2.35 bits per heavy atom. The zero-order valence-electron chi connectivity index (χ0n) is 9.77. The standard InChI is InChI=1S/C13H14O4/c1-12(8-14)7-13(12,2)17-10-5-3-9(4-6-10)11(15)16/h3-6,8H,7H2,1-2H3,(H,15,16). The molecule has 0 aliphatic heterocycles. The maximum absolute atomic E-state index is 10.9. The van der Waals surface area contributed by atoms with Gasteiger partial charge in [-0.1, -0.05) is 0 Å². The van der Waals surface area contributed by atoms with E-state index in [-0.39, 0.29) is 5.56 Å². The molecule has 1 aliphatic carbocycles. The maximum atomic E-state index is 10.9. The fraction of sp³-hybridized carbons (Fsp3) is 0.385. The van der Waals surface area contributed by atoms with Crippen LogP contribution in [0.3, 0.4) is 0 Å².